The van der Waals surface area contributed by atoms with Crippen molar-refractivity contribution < 1.29 is 19.7 Å². The summed E-state index contributed by atoms with van der Waals surface area (Å²) in [5, 5.41) is 23.1. The number of β-amino-alcohol motifs (C(OH)–C–C–N with tert-alkyl or cyclic N) is 2. The van der Waals surface area contributed by atoms with Gasteiger partial charge in [0.05, 0.1) is 18.8 Å². The van der Waals surface area contributed by atoms with Gasteiger partial charge in [-0.05, 0) is 56.2 Å². The van der Waals surface area contributed by atoms with Crippen molar-refractivity contribution in [1.29, 1.82) is 0 Å². The lowest BCUT2D eigenvalue weighted by molar-refractivity contribution is -0.0742. The van der Waals surface area contributed by atoms with Crippen molar-refractivity contribution in [2.24, 2.45) is 0 Å². The Morgan fingerprint density at radius 2 is 1.66 bits per heavy atom. The monoisotopic (exact) mass is 460 g/mol. The molecule has 7 heteroatoms. The van der Waals surface area contributed by atoms with Crippen LogP contribution in [-0.2, 0) is 4.74 Å². The molecule has 1 atom stereocenters. The van der Waals surface area contributed by atoms with Gasteiger partial charge in [0.25, 0.3) is 0 Å². The zero-order chi connectivity index (χ0) is 22.6. The van der Waals surface area contributed by atoms with Crippen LogP contribution in [0.1, 0.15) is 18.4 Å². The quantitative estimate of drug-likeness (QED) is 0.690. The van der Waals surface area contributed by atoms with E-state index in [0.29, 0.717) is 49.9 Å². The third-order valence-electron chi connectivity index (χ3n) is 6.37. The zero-order valence-corrected chi connectivity index (χ0v) is 19.4. The van der Waals surface area contributed by atoms with E-state index < -0.39 is 11.2 Å². The average molecular weight is 461 g/mol. The lowest BCUT2D eigenvalue weighted by atomic mass is 9.90. The van der Waals surface area contributed by atoms with Crippen LogP contribution in [0, 0.1) is 6.92 Å². The summed E-state index contributed by atoms with van der Waals surface area (Å²) in [6, 6.07) is 15.6. The van der Waals surface area contributed by atoms with E-state index in [-0.39, 0.29) is 13.2 Å². The van der Waals surface area contributed by atoms with E-state index in [2.05, 4.69) is 41.0 Å². The number of hydrogen-bond acceptors (Lipinski definition) is 6. The Balaban J connectivity index is 1.32. The molecule has 0 aliphatic carbocycles. The van der Waals surface area contributed by atoms with Crippen molar-refractivity contribution in [3.8, 4) is 5.75 Å². The maximum Gasteiger partial charge on any atom is 0.134 e. The van der Waals surface area contributed by atoms with Gasteiger partial charge in [0.1, 0.15) is 18.0 Å². The maximum atomic E-state index is 11.3. The van der Waals surface area contributed by atoms with Crippen LogP contribution < -0.4 is 9.64 Å². The molecule has 0 amide bonds. The molecule has 0 saturated carbocycles. The second-order valence-electron chi connectivity index (χ2n) is 9.28. The fraction of sp³-hybridized carbons (Fsp3) is 0.520. The van der Waals surface area contributed by atoms with Crippen molar-refractivity contribution in [2.45, 2.75) is 31.0 Å². The van der Waals surface area contributed by atoms with Crippen LogP contribution in [0.3, 0.4) is 0 Å². The van der Waals surface area contributed by atoms with Crippen LogP contribution in [0.4, 0.5) is 5.69 Å². The number of ether oxygens (including phenoxy) is 2. The number of anilines is 1. The molecule has 2 aromatic carbocycles. The molecule has 0 spiro atoms. The molecular formula is C25H33ClN2O4. The van der Waals surface area contributed by atoms with Crippen molar-refractivity contribution in [2.75, 3.05) is 57.4 Å². The number of piperidine rings is 1. The first kappa shape index (κ1) is 23.3. The number of halogens is 1. The molecule has 2 fully saturated rings. The predicted octanol–water partition coefficient (Wildman–Crippen LogP) is 3.12. The Hall–Kier alpha value is -1.83. The third-order valence-corrected chi connectivity index (χ3v) is 6.62. The standard InChI is InChI=1S/C25H33ClN2O4/c1-20-2-6-22(7-3-20)28-12-10-24(29,11-13-28)16-27-14-15-31-18-25(30,17-27)19-32-23-8-4-21(26)5-9-23/h2-9,29-30H,10-19H2,1H3. The minimum atomic E-state index is -1.14. The molecule has 174 valence electrons. The summed E-state index contributed by atoms with van der Waals surface area (Å²) in [6.07, 6.45) is 1.38. The Morgan fingerprint density at radius 1 is 0.969 bits per heavy atom. The Bertz CT molecular complexity index is 869. The van der Waals surface area contributed by atoms with Gasteiger partial charge >= 0.3 is 0 Å². The minimum Gasteiger partial charge on any atom is -0.490 e. The van der Waals surface area contributed by atoms with Crippen LogP contribution in [-0.4, -0.2) is 78.9 Å². The normalized spacial score (nSPS) is 24.2. The number of aryl methyl sites for hydroxylation is 1. The fourth-order valence-corrected chi connectivity index (χ4v) is 4.60. The van der Waals surface area contributed by atoms with Gasteiger partial charge < -0.3 is 24.6 Å². The molecule has 0 radical (unpaired) electrons. The topological polar surface area (TPSA) is 65.4 Å². The minimum absolute atomic E-state index is 0.116. The highest BCUT2D eigenvalue weighted by Crippen LogP contribution is 2.28. The highest BCUT2D eigenvalue weighted by molar-refractivity contribution is 6.30. The number of nitrogens with zero attached hydrogens (tertiary/aromatic N) is 2. The van der Waals surface area contributed by atoms with E-state index in [0.717, 1.165) is 13.1 Å². The fourth-order valence-electron chi connectivity index (χ4n) is 4.48. The van der Waals surface area contributed by atoms with Crippen molar-refractivity contribution in [1.82, 2.24) is 4.90 Å². The van der Waals surface area contributed by atoms with Gasteiger partial charge in [-0.15, -0.1) is 0 Å². The van der Waals surface area contributed by atoms with Gasteiger partial charge in [0, 0.05) is 43.4 Å². The summed E-state index contributed by atoms with van der Waals surface area (Å²) in [6.45, 7) is 6.14. The largest absolute Gasteiger partial charge is 0.490 e. The molecular weight excluding hydrogens is 428 g/mol. The first-order valence-corrected chi connectivity index (χ1v) is 11.7. The van der Waals surface area contributed by atoms with Gasteiger partial charge in [0.15, 0.2) is 0 Å². The van der Waals surface area contributed by atoms with E-state index in [1.165, 1.54) is 11.3 Å². The highest BCUT2D eigenvalue weighted by atomic mass is 35.5. The Kier molecular flexibility index (Phi) is 7.27. The second-order valence-corrected chi connectivity index (χ2v) is 9.71. The molecule has 4 rings (SSSR count). The van der Waals surface area contributed by atoms with E-state index in [1.807, 2.05) is 0 Å². The van der Waals surface area contributed by atoms with Gasteiger partial charge in [-0.1, -0.05) is 29.3 Å². The number of hydrogen-bond donors (Lipinski definition) is 2. The Morgan fingerprint density at radius 3 is 2.34 bits per heavy atom. The molecule has 2 N–H and O–H groups in total. The summed E-state index contributed by atoms with van der Waals surface area (Å²) in [5.74, 6) is 0.653. The summed E-state index contributed by atoms with van der Waals surface area (Å²) >= 11 is 5.93. The van der Waals surface area contributed by atoms with E-state index in [9.17, 15) is 10.2 Å². The lowest BCUT2D eigenvalue weighted by Gasteiger charge is -2.42. The van der Waals surface area contributed by atoms with Crippen LogP contribution in [0.2, 0.25) is 5.02 Å². The number of benzene rings is 2. The van der Waals surface area contributed by atoms with Crippen LogP contribution in [0.5, 0.6) is 5.75 Å². The SMILES string of the molecule is Cc1ccc(N2CCC(O)(CN3CCOCC(O)(COc4ccc(Cl)cc4)C3)CC2)cc1. The average Bonchev–Trinajstić information content (AvgIpc) is 2.95. The Labute approximate surface area is 195 Å². The van der Waals surface area contributed by atoms with Crippen molar-refractivity contribution in [3.63, 3.8) is 0 Å². The molecule has 0 aromatic heterocycles. The molecule has 2 aliphatic heterocycles. The number of aliphatic hydroxyl groups is 2. The molecule has 2 aromatic rings. The number of rotatable bonds is 6. The summed E-state index contributed by atoms with van der Waals surface area (Å²) < 4.78 is 11.5. The highest BCUT2D eigenvalue weighted by Gasteiger charge is 2.39. The summed E-state index contributed by atoms with van der Waals surface area (Å²) in [4.78, 5) is 4.44. The van der Waals surface area contributed by atoms with E-state index >= 15 is 0 Å². The molecule has 2 heterocycles. The molecule has 32 heavy (non-hydrogen) atoms. The first-order chi connectivity index (χ1) is 15.3. The summed E-state index contributed by atoms with van der Waals surface area (Å²) in [7, 11) is 0. The molecule has 2 aliphatic rings. The third kappa shape index (κ3) is 6.15. The maximum absolute atomic E-state index is 11.3. The lowest BCUT2D eigenvalue weighted by Crippen LogP contribution is -2.55. The van der Waals surface area contributed by atoms with Crippen LogP contribution in [0.25, 0.3) is 0 Å². The van der Waals surface area contributed by atoms with Gasteiger partial charge in [-0.25, -0.2) is 0 Å². The molecule has 0 bridgehead atoms. The van der Waals surface area contributed by atoms with Crippen LogP contribution in [0.15, 0.2) is 48.5 Å². The van der Waals surface area contributed by atoms with E-state index in [1.54, 1.807) is 24.3 Å². The van der Waals surface area contributed by atoms with Gasteiger partial charge in [-0.2, -0.15) is 0 Å². The van der Waals surface area contributed by atoms with Gasteiger partial charge in [0.2, 0.25) is 0 Å². The summed E-state index contributed by atoms with van der Waals surface area (Å²) in [5.41, 5.74) is 0.534. The van der Waals surface area contributed by atoms with Gasteiger partial charge in [-0.3, -0.25) is 4.90 Å². The van der Waals surface area contributed by atoms with Crippen LogP contribution >= 0.6 is 11.6 Å². The smallest absolute Gasteiger partial charge is 0.134 e. The molecule has 2 saturated heterocycles. The zero-order valence-electron chi connectivity index (χ0n) is 18.7. The molecule has 6 nitrogen and oxygen atoms in total. The molecule has 1 unspecified atom stereocenters. The van der Waals surface area contributed by atoms with Crippen molar-refractivity contribution >= 4 is 17.3 Å². The van der Waals surface area contributed by atoms with E-state index in [4.69, 9.17) is 21.1 Å². The first-order valence-electron chi connectivity index (χ1n) is 11.3. The second kappa shape index (κ2) is 9.98. The van der Waals surface area contributed by atoms with Crippen molar-refractivity contribution in [3.05, 3.63) is 59.1 Å². The predicted molar refractivity (Wildman–Crippen MR) is 127 cm³/mol.